The lowest BCUT2D eigenvalue weighted by molar-refractivity contribution is 0.243. The monoisotopic (exact) mass is 168 g/mol. The van der Waals surface area contributed by atoms with E-state index >= 15 is 0 Å². The summed E-state index contributed by atoms with van der Waals surface area (Å²) in [5.74, 6) is 0. The molecule has 1 N–H and O–H groups in total. The number of aliphatic hydroxyl groups is 1. The Balaban J connectivity index is 2.18. The highest BCUT2D eigenvalue weighted by atomic mass is 16.3. The maximum absolute atomic E-state index is 8.83. The van der Waals surface area contributed by atoms with Crippen molar-refractivity contribution < 1.29 is 5.11 Å². The largest absolute Gasteiger partial charge is 0.396 e. The number of hydrogen-bond acceptors (Lipinski definition) is 1. The van der Waals surface area contributed by atoms with Gasteiger partial charge in [0.05, 0.1) is 0 Å². The van der Waals surface area contributed by atoms with Crippen LogP contribution < -0.4 is 0 Å². The van der Waals surface area contributed by atoms with Crippen molar-refractivity contribution >= 4 is 0 Å². The topological polar surface area (TPSA) is 20.2 Å². The first-order chi connectivity index (χ1) is 5.68. The first-order valence-electron chi connectivity index (χ1n) is 4.93. The van der Waals surface area contributed by atoms with Crippen LogP contribution in [0, 0.1) is 5.41 Å². The molecule has 0 amide bonds. The van der Waals surface area contributed by atoms with Crippen LogP contribution in [0.15, 0.2) is 11.6 Å². The van der Waals surface area contributed by atoms with Gasteiger partial charge in [0.15, 0.2) is 0 Å². The molecule has 1 aliphatic rings. The van der Waals surface area contributed by atoms with Gasteiger partial charge in [-0.05, 0) is 51.4 Å². The zero-order chi connectivity index (χ0) is 9.03. The third-order valence-electron chi connectivity index (χ3n) is 2.83. The van der Waals surface area contributed by atoms with Crippen molar-refractivity contribution in [2.75, 3.05) is 6.61 Å². The summed E-state index contributed by atoms with van der Waals surface area (Å²) >= 11 is 0. The van der Waals surface area contributed by atoms with Crippen LogP contribution in [-0.2, 0) is 0 Å². The first kappa shape index (κ1) is 9.79. The fraction of sp³-hybridized carbons (Fsp3) is 0.818. The molecule has 1 nitrogen and oxygen atoms in total. The molecule has 0 radical (unpaired) electrons. The molecule has 1 fully saturated rings. The summed E-state index contributed by atoms with van der Waals surface area (Å²) in [6.45, 7) is 4.66. The van der Waals surface area contributed by atoms with Crippen molar-refractivity contribution in [1.82, 2.24) is 0 Å². The average Bonchev–Trinajstić information content (AvgIpc) is 2.69. The Bertz CT molecular complexity index is 162. The second kappa shape index (κ2) is 4.08. The number of hydrogen-bond donors (Lipinski definition) is 1. The van der Waals surface area contributed by atoms with Crippen LogP contribution in [0.4, 0.5) is 0 Å². The molecule has 0 aromatic carbocycles. The van der Waals surface area contributed by atoms with Gasteiger partial charge >= 0.3 is 0 Å². The van der Waals surface area contributed by atoms with E-state index < -0.39 is 0 Å². The lowest BCUT2D eigenvalue weighted by Gasteiger charge is -2.11. The second-order valence-electron chi connectivity index (χ2n) is 4.29. The third-order valence-corrected chi connectivity index (χ3v) is 2.83. The van der Waals surface area contributed by atoms with Gasteiger partial charge < -0.3 is 5.11 Å². The summed E-state index contributed by atoms with van der Waals surface area (Å²) in [6.07, 6.45) is 8.47. The second-order valence-corrected chi connectivity index (χ2v) is 4.29. The minimum Gasteiger partial charge on any atom is -0.396 e. The Morgan fingerprint density at radius 3 is 2.42 bits per heavy atom. The van der Waals surface area contributed by atoms with Gasteiger partial charge in [0.1, 0.15) is 0 Å². The SMILES string of the molecule is CC(C)=CCCC1(CCO)CC1. The number of rotatable bonds is 5. The van der Waals surface area contributed by atoms with E-state index in [1.54, 1.807) is 0 Å². The van der Waals surface area contributed by atoms with Gasteiger partial charge in [-0.25, -0.2) is 0 Å². The molecular formula is C11H20O. The fourth-order valence-electron chi connectivity index (χ4n) is 1.71. The van der Waals surface area contributed by atoms with Crippen LogP contribution in [0.1, 0.15) is 46.0 Å². The summed E-state index contributed by atoms with van der Waals surface area (Å²) in [4.78, 5) is 0. The van der Waals surface area contributed by atoms with E-state index in [0.29, 0.717) is 12.0 Å². The van der Waals surface area contributed by atoms with Crippen LogP contribution in [0.25, 0.3) is 0 Å². The van der Waals surface area contributed by atoms with Crippen LogP contribution >= 0.6 is 0 Å². The summed E-state index contributed by atoms with van der Waals surface area (Å²) < 4.78 is 0. The minimum atomic E-state index is 0.370. The van der Waals surface area contributed by atoms with Crippen molar-refractivity contribution in [2.24, 2.45) is 5.41 Å². The maximum Gasteiger partial charge on any atom is 0.0436 e. The van der Waals surface area contributed by atoms with Gasteiger partial charge in [-0.3, -0.25) is 0 Å². The van der Waals surface area contributed by atoms with Gasteiger partial charge in [0.2, 0.25) is 0 Å². The number of allylic oxidation sites excluding steroid dienone is 2. The van der Waals surface area contributed by atoms with E-state index in [0.717, 1.165) is 6.42 Å². The van der Waals surface area contributed by atoms with Crippen LogP contribution in [0.2, 0.25) is 0 Å². The Labute approximate surface area is 75.5 Å². The average molecular weight is 168 g/mol. The van der Waals surface area contributed by atoms with Crippen LogP contribution in [0.5, 0.6) is 0 Å². The normalized spacial score (nSPS) is 18.9. The highest BCUT2D eigenvalue weighted by Crippen LogP contribution is 2.52. The molecule has 0 aromatic rings. The van der Waals surface area contributed by atoms with Gasteiger partial charge in [-0.15, -0.1) is 0 Å². The molecule has 0 atom stereocenters. The van der Waals surface area contributed by atoms with Gasteiger partial charge in [0, 0.05) is 6.61 Å². The van der Waals surface area contributed by atoms with E-state index in [-0.39, 0.29) is 0 Å². The molecule has 12 heavy (non-hydrogen) atoms. The predicted octanol–water partition coefficient (Wildman–Crippen LogP) is 2.90. The van der Waals surface area contributed by atoms with Crippen LogP contribution in [0.3, 0.4) is 0 Å². The molecule has 0 aliphatic heterocycles. The fourth-order valence-corrected chi connectivity index (χ4v) is 1.71. The molecule has 0 aromatic heterocycles. The molecule has 1 rings (SSSR count). The summed E-state index contributed by atoms with van der Waals surface area (Å²) in [6, 6.07) is 0. The maximum atomic E-state index is 8.83. The molecule has 0 spiro atoms. The van der Waals surface area contributed by atoms with Gasteiger partial charge in [-0.1, -0.05) is 11.6 Å². The standard InChI is InChI=1S/C11H20O/c1-10(2)4-3-5-11(6-7-11)8-9-12/h4,12H,3,5-9H2,1-2H3. The molecule has 1 heteroatoms. The van der Waals surface area contributed by atoms with Crippen molar-refractivity contribution in [3.05, 3.63) is 11.6 Å². The lowest BCUT2D eigenvalue weighted by atomic mass is 9.96. The van der Waals surface area contributed by atoms with Crippen molar-refractivity contribution in [3.8, 4) is 0 Å². The first-order valence-corrected chi connectivity index (χ1v) is 4.93. The Morgan fingerprint density at radius 2 is 2.00 bits per heavy atom. The van der Waals surface area contributed by atoms with E-state index in [4.69, 9.17) is 5.11 Å². The van der Waals surface area contributed by atoms with E-state index in [1.165, 1.54) is 31.3 Å². The van der Waals surface area contributed by atoms with E-state index in [1.807, 2.05) is 0 Å². The summed E-state index contributed by atoms with van der Waals surface area (Å²) in [5, 5.41) is 8.83. The van der Waals surface area contributed by atoms with Crippen molar-refractivity contribution in [1.29, 1.82) is 0 Å². The lowest BCUT2D eigenvalue weighted by Crippen LogP contribution is -2.02. The predicted molar refractivity (Wildman–Crippen MR) is 52.0 cm³/mol. The Kier molecular flexibility index (Phi) is 3.33. The third kappa shape index (κ3) is 2.98. The zero-order valence-electron chi connectivity index (χ0n) is 8.27. The Hall–Kier alpha value is -0.300. The van der Waals surface area contributed by atoms with Gasteiger partial charge in [0.25, 0.3) is 0 Å². The number of aliphatic hydroxyl groups excluding tert-OH is 1. The zero-order valence-corrected chi connectivity index (χ0v) is 8.27. The van der Waals surface area contributed by atoms with Gasteiger partial charge in [-0.2, -0.15) is 0 Å². The smallest absolute Gasteiger partial charge is 0.0436 e. The molecule has 0 saturated heterocycles. The molecular weight excluding hydrogens is 148 g/mol. The molecule has 1 saturated carbocycles. The van der Waals surface area contributed by atoms with Crippen molar-refractivity contribution in [2.45, 2.75) is 46.0 Å². The summed E-state index contributed by atoms with van der Waals surface area (Å²) in [7, 11) is 0. The summed E-state index contributed by atoms with van der Waals surface area (Å²) in [5.41, 5.74) is 1.95. The molecule has 0 heterocycles. The quantitative estimate of drug-likeness (QED) is 0.626. The highest BCUT2D eigenvalue weighted by molar-refractivity contribution is 4.98. The van der Waals surface area contributed by atoms with E-state index in [9.17, 15) is 0 Å². The molecule has 0 unspecified atom stereocenters. The molecule has 0 bridgehead atoms. The minimum absolute atomic E-state index is 0.370. The van der Waals surface area contributed by atoms with Crippen LogP contribution in [-0.4, -0.2) is 11.7 Å². The molecule has 1 aliphatic carbocycles. The Morgan fingerprint density at radius 1 is 1.33 bits per heavy atom. The van der Waals surface area contributed by atoms with E-state index in [2.05, 4.69) is 19.9 Å². The molecule has 70 valence electrons. The van der Waals surface area contributed by atoms with Crippen molar-refractivity contribution in [3.63, 3.8) is 0 Å². The highest BCUT2D eigenvalue weighted by Gasteiger charge is 2.40.